The number of hydrogen-bond donors (Lipinski definition) is 2. The van der Waals surface area contributed by atoms with Gasteiger partial charge < -0.3 is 15.4 Å². The van der Waals surface area contributed by atoms with Gasteiger partial charge in [-0.2, -0.15) is 0 Å². The number of rotatable bonds is 3. The predicted molar refractivity (Wildman–Crippen MR) is 103 cm³/mol. The van der Waals surface area contributed by atoms with Crippen LogP contribution in [0.25, 0.3) is 11.1 Å². The Bertz CT molecular complexity index is 960. The number of benzene rings is 2. The van der Waals surface area contributed by atoms with Gasteiger partial charge in [0.1, 0.15) is 18.2 Å². The van der Waals surface area contributed by atoms with E-state index in [0.717, 1.165) is 33.7 Å². The van der Waals surface area contributed by atoms with Gasteiger partial charge in [0, 0.05) is 24.0 Å². The number of halogens is 1. The maximum Gasteiger partial charge on any atom is 0.171 e. The van der Waals surface area contributed by atoms with E-state index in [4.69, 9.17) is 17.0 Å². The van der Waals surface area contributed by atoms with Crippen LogP contribution < -0.4 is 15.4 Å². The molecule has 0 atom stereocenters. The lowest BCUT2D eigenvalue weighted by molar-refractivity contribution is 0.301. The molecule has 0 fully saturated rings. The van der Waals surface area contributed by atoms with Crippen LogP contribution in [0.2, 0.25) is 0 Å². The molecule has 0 aliphatic carbocycles. The zero-order chi connectivity index (χ0) is 17.9. The molecule has 0 bridgehead atoms. The molecule has 0 spiro atoms. The first-order valence-corrected chi connectivity index (χ1v) is 8.59. The molecule has 26 heavy (non-hydrogen) atoms. The Balaban J connectivity index is 1.43. The summed E-state index contributed by atoms with van der Waals surface area (Å²) in [7, 11) is 0. The second kappa shape index (κ2) is 7.09. The first kappa shape index (κ1) is 16.5. The lowest BCUT2D eigenvalue weighted by Gasteiger charge is -2.21. The van der Waals surface area contributed by atoms with E-state index in [0.29, 0.717) is 18.3 Å². The molecule has 0 radical (unpaired) electrons. The molecule has 6 heteroatoms. The van der Waals surface area contributed by atoms with Crippen LogP contribution >= 0.6 is 12.2 Å². The van der Waals surface area contributed by atoms with E-state index in [1.165, 1.54) is 12.1 Å². The van der Waals surface area contributed by atoms with Crippen molar-refractivity contribution in [2.24, 2.45) is 0 Å². The summed E-state index contributed by atoms with van der Waals surface area (Å²) in [5.74, 6) is 0.556. The van der Waals surface area contributed by atoms with Crippen LogP contribution in [0.3, 0.4) is 0 Å². The number of nitrogens with zero attached hydrogens (tertiary/aromatic N) is 1. The molecule has 2 N–H and O–H groups in total. The van der Waals surface area contributed by atoms with E-state index in [1.807, 2.05) is 18.2 Å². The van der Waals surface area contributed by atoms with Gasteiger partial charge in [0.05, 0.1) is 6.20 Å². The van der Waals surface area contributed by atoms with Gasteiger partial charge in [0.25, 0.3) is 0 Å². The van der Waals surface area contributed by atoms with Crippen LogP contribution in [-0.2, 0) is 13.2 Å². The maximum absolute atomic E-state index is 12.9. The average Bonchev–Trinajstić information content (AvgIpc) is 2.67. The smallest absolute Gasteiger partial charge is 0.171 e. The Morgan fingerprint density at radius 1 is 1.12 bits per heavy atom. The molecule has 0 saturated carbocycles. The van der Waals surface area contributed by atoms with Crippen LogP contribution in [0, 0.1) is 5.82 Å². The van der Waals surface area contributed by atoms with Crippen molar-refractivity contribution in [3.8, 4) is 16.9 Å². The van der Waals surface area contributed by atoms with E-state index in [1.54, 1.807) is 24.5 Å². The highest BCUT2D eigenvalue weighted by atomic mass is 32.1. The van der Waals surface area contributed by atoms with Crippen molar-refractivity contribution in [3.05, 3.63) is 77.9 Å². The molecule has 1 aromatic heterocycles. The summed E-state index contributed by atoms with van der Waals surface area (Å²) >= 11 is 5.34. The minimum atomic E-state index is -0.247. The van der Waals surface area contributed by atoms with Gasteiger partial charge in [-0.05, 0) is 59.2 Å². The summed E-state index contributed by atoms with van der Waals surface area (Å²) in [4.78, 5) is 4.09. The zero-order valence-electron chi connectivity index (χ0n) is 13.8. The van der Waals surface area contributed by atoms with Gasteiger partial charge in [-0.3, -0.25) is 4.98 Å². The number of aromatic nitrogens is 1. The number of anilines is 1. The molecule has 0 unspecified atom stereocenters. The van der Waals surface area contributed by atoms with Gasteiger partial charge in [-0.25, -0.2) is 4.39 Å². The van der Waals surface area contributed by atoms with Crippen LogP contribution in [0.5, 0.6) is 5.75 Å². The Hall–Kier alpha value is -2.99. The third-order valence-electron chi connectivity index (χ3n) is 4.19. The third-order valence-corrected chi connectivity index (χ3v) is 4.43. The van der Waals surface area contributed by atoms with Crippen molar-refractivity contribution >= 4 is 23.0 Å². The molecule has 2 aromatic carbocycles. The molecule has 0 amide bonds. The van der Waals surface area contributed by atoms with Crippen molar-refractivity contribution in [2.45, 2.75) is 13.2 Å². The molecular formula is C20H16FN3OS. The number of ether oxygens (including phenoxy) is 1. The summed E-state index contributed by atoms with van der Waals surface area (Å²) in [5, 5.41) is 6.81. The quantitative estimate of drug-likeness (QED) is 0.679. The highest BCUT2D eigenvalue weighted by Crippen LogP contribution is 2.37. The van der Waals surface area contributed by atoms with Crippen molar-refractivity contribution < 1.29 is 9.13 Å². The van der Waals surface area contributed by atoms with E-state index in [-0.39, 0.29) is 5.82 Å². The number of pyridine rings is 1. The molecule has 4 nitrogen and oxygen atoms in total. The van der Waals surface area contributed by atoms with E-state index in [9.17, 15) is 4.39 Å². The second-order valence-electron chi connectivity index (χ2n) is 5.97. The van der Waals surface area contributed by atoms with Gasteiger partial charge in [-0.1, -0.05) is 18.2 Å². The zero-order valence-corrected chi connectivity index (χ0v) is 14.6. The predicted octanol–water partition coefficient (Wildman–Crippen LogP) is 4.27. The topological polar surface area (TPSA) is 46.2 Å². The van der Waals surface area contributed by atoms with Crippen LogP contribution in [0.15, 0.2) is 60.9 Å². The number of thiocarbonyl (C=S) groups is 1. The van der Waals surface area contributed by atoms with Gasteiger partial charge in [0.15, 0.2) is 5.11 Å². The summed E-state index contributed by atoms with van der Waals surface area (Å²) in [5.41, 5.74) is 5.13. The fourth-order valence-electron chi connectivity index (χ4n) is 2.89. The van der Waals surface area contributed by atoms with Crippen molar-refractivity contribution in [1.29, 1.82) is 0 Å². The normalized spacial score (nSPS) is 11.7. The summed E-state index contributed by atoms with van der Waals surface area (Å²) < 4.78 is 18.7. The molecule has 4 rings (SSSR count). The average molecular weight is 365 g/mol. The number of hydrogen-bond acceptors (Lipinski definition) is 3. The minimum absolute atomic E-state index is 0.247. The summed E-state index contributed by atoms with van der Waals surface area (Å²) in [6.07, 6.45) is 3.50. The van der Waals surface area contributed by atoms with Crippen molar-refractivity contribution in [3.63, 3.8) is 0 Å². The lowest BCUT2D eigenvalue weighted by Crippen LogP contribution is -2.28. The monoisotopic (exact) mass is 365 g/mol. The highest BCUT2D eigenvalue weighted by Gasteiger charge is 2.17. The van der Waals surface area contributed by atoms with Crippen LogP contribution in [0.4, 0.5) is 10.1 Å². The Morgan fingerprint density at radius 3 is 2.81 bits per heavy atom. The lowest BCUT2D eigenvalue weighted by atomic mass is 9.98. The summed E-state index contributed by atoms with van der Waals surface area (Å²) in [6, 6.07) is 14.4. The van der Waals surface area contributed by atoms with Gasteiger partial charge in [0.2, 0.25) is 0 Å². The number of nitrogens with one attached hydrogen (secondary N) is 2. The summed E-state index contributed by atoms with van der Waals surface area (Å²) in [6.45, 7) is 1.03. The maximum atomic E-state index is 12.9. The van der Waals surface area contributed by atoms with Crippen LogP contribution in [0.1, 0.15) is 11.1 Å². The minimum Gasteiger partial charge on any atom is -0.487 e. The SMILES string of the molecule is Fc1ccc(CNC(=S)Nc2ccc3c(c2)COc2cnccc2-3)cc1. The third kappa shape index (κ3) is 3.50. The molecular weight excluding hydrogens is 349 g/mol. The standard InChI is InChI=1S/C20H16FN3OS/c21-15-3-1-13(2-4-15)10-23-20(26)24-16-5-6-17-14(9-16)12-25-19-11-22-8-7-18(17)19/h1-9,11H,10,12H2,(H2,23,24,26). The van der Waals surface area contributed by atoms with Gasteiger partial charge in [-0.15, -0.1) is 0 Å². The first-order chi connectivity index (χ1) is 12.7. The molecule has 1 aliphatic rings. The fraction of sp³-hybridized carbons (Fsp3) is 0.100. The van der Waals surface area contributed by atoms with E-state index >= 15 is 0 Å². The molecule has 3 aromatic rings. The largest absolute Gasteiger partial charge is 0.487 e. The fourth-order valence-corrected chi connectivity index (χ4v) is 3.08. The molecule has 0 saturated heterocycles. The Labute approximate surface area is 156 Å². The molecule has 1 aliphatic heterocycles. The second-order valence-corrected chi connectivity index (χ2v) is 6.37. The Kier molecular flexibility index (Phi) is 4.50. The van der Waals surface area contributed by atoms with Crippen molar-refractivity contribution in [2.75, 3.05) is 5.32 Å². The van der Waals surface area contributed by atoms with E-state index < -0.39 is 0 Å². The first-order valence-electron chi connectivity index (χ1n) is 8.18. The van der Waals surface area contributed by atoms with E-state index in [2.05, 4.69) is 21.7 Å². The molecule has 2 heterocycles. The van der Waals surface area contributed by atoms with Gasteiger partial charge >= 0.3 is 0 Å². The van der Waals surface area contributed by atoms with Crippen molar-refractivity contribution in [1.82, 2.24) is 10.3 Å². The number of fused-ring (bicyclic) bond motifs is 3. The highest BCUT2D eigenvalue weighted by molar-refractivity contribution is 7.80. The molecule has 130 valence electrons. The Morgan fingerprint density at radius 2 is 1.96 bits per heavy atom. The van der Waals surface area contributed by atoms with Crippen LogP contribution in [-0.4, -0.2) is 10.1 Å².